The first-order valence-electron chi connectivity index (χ1n) is 12.2. The highest BCUT2D eigenvalue weighted by Crippen LogP contribution is 2.37. The Kier molecular flexibility index (Phi) is 8.74. The average molecular weight is 510 g/mol. The number of halogens is 1. The maximum absolute atomic E-state index is 12.1. The third-order valence-electron chi connectivity index (χ3n) is 6.47. The number of allylic oxidation sites excluding steroid dienone is 5. The number of carbonyl (C=O) groups excluding carboxylic acids is 1. The van der Waals surface area contributed by atoms with Gasteiger partial charge in [0.15, 0.2) is 0 Å². The Labute approximate surface area is 216 Å². The Bertz CT molecular complexity index is 1190. The number of hydrogen-bond acceptors (Lipinski definition) is 6. The van der Waals surface area contributed by atoms with Crippen LogP contribution in [0.25, 0.3) is 5.57 Å². The molecule has 1 amide bonds. The largest absolute Gasteiger partial charge is 0.447 e. The fourth-order valence-corrected chi connectivity index (χ4v) is 4.91. The van der Waals surface area contributed by atoms with Crippen molar-refractivity contribution in [2.24, 2.45) is 0 Å². The fourth-order valence-electron chi connectivity index (χ4n) is 4.74. The number of aliphatic hydroxyl groups is 1. The molecule has 4 rings (SSSR count). The molecule has 8 nitrogen and oxygen atoms in total. The lowest BCUT2D eigenvalue weighted by Gasteiger charge is -2.32. The van der Waals surface area contributed by atoms with Gasteiger partial charge in [-0.1, -0.05) is 29.8 Å². The van der Waals surface area contributed by atoms with Crippen molar-refractivity contribution in [3.05, 3.63) is 82.4 Å². The molecule has 0 bridgehead atoms. The zero-order valence-electron chi connectivity index (χ0n) is 20.4. The zero-order chi connectivity index (χ0) is 25.5. The molecule has 190 valence electrons. The maximum Gasteiger partial charge on any atom is 0.407 e. The van der Waals surface area contributed by atoms with Crippen molar-refractivity contribution in [3.63, 3.8) is 0 Å². The summed E-state index contributed by atoms with van der Waals surface area (Å²) >= 11 is 6.49. The van der Waals surface area contributed by atoms with E-state index in [4.69, 9.17) is 21.7 Å². The van der Waals surface area contributed by atoms with Crippen LogP contribution in [0.4, 0.5) is 4.79 Å². The number of nitrogens with one attached hydrogen (secondary N) is 2. The van der Waals surface area contributed by atoms with Crippen molar-refractivity contribution >= 4 is 29.5 Å². The summed E-state index contributed by atoms with van der Waals surface area (Å²) in [5, 5.41) is 20.7. The molecule has 36 heavy (non-hydrogen) atoms. The van der Waals surface area contributed by atoms with Crippen molar-refractivity contribution in [3.8, 4) is 0 Å². The van der Waals surface area contributed by atoms with E-state index in [-0.39, 0.29) is 24.8 Å². The van der Waals surface area contributed by atoms with Gasteiger partial charge in [0.05, 0.1) is 6.04 Å². The molecule has 1 aromatic heterocycles. The first kappa shape index (κ1) is 25.9. The average Bonchev–Trinajstić information content (AvgIpc) is 3.25. The molecule has 2 atom stereocenters. The number of carbonyl (C=O) groups is 1. The van der Waals surface area contributed by atoms with Crippen LogP contribution < -0.4 is 5.32 Å². The Hall–Kier alpha value is -3.20. The van der Waals surface area contributed by atoms with Crippen molar-refractivity contribution < 1.29 is 14.6 Å². The normalized spacial score (nSPS) is 21.6. The van der Waals surface area contributed by atoms with Gasteiger partial charge in [-0.05, 0) is 72.9 Å². The Balaban J connectivity index is 1.76. The second-order valence-electron chi connectivity index (χ2n) is 8.99. The monoisotopic (exact) mass is 509 g/mol. The summed E-state index contributed by atoms with van der Waals surface area (Å²) in [5.41, 5.74) is 4.13. The standard InChI is InChI=1S/C27H32ClN5O3/c1-19-4-3-11-32(12-10-31-27(35)36-19)25-15-20(5-2-8-29)14-21(17-33-13-9-30-26(33)18-34)24-16-22(28)6-7-23(24)25/h2,5-9,13-16,19,25,29,34H,3-4,10-12,17-18H2,1H3,(H,31,35)/b5-2-,29-8?. The van der Waals surface area contributed by atoms with Crippen LogP contribution in [0.2, 0.25) is 5.02 Å². The molecule has 1 aliphatic carbocycles. The minimum absolute atomic E-state index is 0.0657. The zero-order valence-corrected chi connectivity index (χ0v) is 21.1. The lowest BCUT2D eigenvalue weighted by Crippen LogP contribution is -2.40. The van der Waals surface area contributed by atoms with E-state index in [1.165, 1.54) is 6.21 Å². The number of ether oxygens (including phenoxy) is 1. The summed E-state index contributed by atoms with van der Waals surface area (Å²) < 4.78 is 7.31. The summed E-state index contributed by atoms with van der Waals surface area (Å²) in [6, 6.07) is 5.90. The molecular formula is C27H32ClN5O3. The molecular weight excluding hydrogens is 478 g/mol. The van der Waals surface area contributed by atoms with Gasteiger partial charge in [-0.25, -0.2) is 9.78 Å². The van der Waals surface area contributed by atoms with Gasteiger partial charge >= 0.3 is 6.09 Å². The molecule has 9 heteroatoms. The number of aromatic nitrogens is 2. The molecule has 2 heterocycles. The summed E-state index contributed by atoms with van der Waals surface area (Å²) in [6.45, 7) is 4.24. The molecule has 2 aliphatic rings. The number of imidazole rings is 1. The molecule has 2 unspecified atom stereocenters. The molecule has 1 fully saturated rings. The predicted molar refractivity (Wildman–Crippen MR) is 141 cm³/mol. The molecule has 0 spiro atoms. The van der Waals surface area contributed by atoms with E-state index in [0.717, 1.165) is 41.7 Å². The van der Waals surface area contributed by atoms with E-state index in [1.807, 2.05) is 35.9 Å². The van der Waals surface area contributed by atoms with Crippen molar-refractivity contribution in [1.29, 1.82) is 5.41 Å². The third-order valence-corrected chi connectivity index (χ3v) is 6.70. The van der Waals surface area contributed by atoms with Crippen LogP contribution in [0.15, 0.2) is 60.5 Å². The number of cyclic esters (lactones) is 1. The highest BCUT2D eigenvalue weighted by molar-refractivity contribution is 6.30. The van der Waals surface area contributed by atoms with Gasteiger partial charge in [0.2, 0.25) is 0 Å². The van der Waals surface area contributed by atoms with Crippen molar-refractivity contribution in [1.82, 2.24) is 19.8 Å². The maximum atomic E-state index is 12.1. The Morgan fingerprint density at radius 3 is 3.03 bits per heavy atom. The quantitative estimate of drug-likeness (QED) is 0.497. The van der Waals surface area contributed by atoms with Crippen molar-refractivity contribution in [2.45, 2.75) is 45.1 Å². The van der Waals surface area contributed by atoms with E-state index < -0.39 is 0 Å². The highest BCUT2D eigenvalue weighted by atomic mass is 35.5. The predicted octanol–water partition coefficient (Wildman–Crippen LogP) is 4.51. The molecule has 1 aliphatic heterocycles. The van der Waals surface area contributed by atoms with E-state index in [9.17, 15) is 9.90 Å². The summed E-state index contributed by atoms with van der Waals surface area (Å²) in [6.07, 6.45) is 13.9. The fraction of sp³-hybridized carbons (Fsp3) is 0.370. The molecule has 1 aromatic carbocycles. The van der Waals surface area contributed by atoms with Gasteiger partial charge in [-0.2, -0.15) is 0 Å². The molecule has 0 saturated carbocycles. The summed E-state index contributed by atoms with van der Waals surface area (Å²) in [7, 11) is 0. The molecule has 2 aromatic rings. The van der Waals surface area contributed by atoms with Gasteiger partial charge < -0.3 is 25.1 Å². The van der Waals surface area contributed by atoms with E-state index in [2.05, 4.69) is 33.4 Å². The van der Waals surface area contributed by atoms with Crippen LogP contribution in [0.3, 0.4) is 0 Å². The van der Waals surface area contributed by atoms with E-state index in [0.29, 0.717) is 30.5 Å². The van der Waals surface area contributed by atoms with Crippen LogP contribution in [0, 0.1) is 5.41 Å². The van der Waals surface area contributed by atoms with Gasteiger partial charge in [0.25, 0.3) is 0 Å². The number of alkyl carbamates (subject to hydrolysis) is 1. The number of rotatable bonds is 6. The number of nitrogens with zero attached hydrogens (tertiary/aromatic N) is 3. The second-order valence-corrected chi connectivity index (χ2v) is 9.43. The SMILES string of the molecule is CC1CCCN(C2C=C(/C=C\C=N)C=C(Cn3ccnc3CO)c3cc(Cl)ccc32)CCNC(=O)O1. The van der Waals surface area contributed by atoms with Crippen LogP contribution in [0.1, 0.15) is 42.8 Å². The Morgan fingerprint density at radius 1 is 1.36 bits per heavy atom. The third kappa shape index (κ3) is 6.32. The number of aliphatic hydroxyl groups excluding tert-OH is 1. The van der Waals surface area contributed by atoms with Gasteiger partial charge in [0.1, 0.15) is 18.5 Å². The first-order valence-corrected chi connectivity index (χ1v) is 12.5. The van der Waals surface area contributed by atoms with Crippen LogP contribution >= 0.6 is 11.6 Å². The van der Waals surface area contributed by atoms with Crippen LogP contribution in [0.5, 0.6) is 0 Å². The Morgan fingerprint density at radius 2 is 2.22 bits per heavy atom. The van der Waals surface area contributed by atoms with Gasteiger partial charge in [0, 0.05) is 43.3 Å². The smallest absolute Gasteiger partial charge is 0.407 e. The molecule has 0 radical (unpaired) electrons. The first-order chi connectivity index (χ1) is 17.5. The lowest BCUT2D eigenvalue weighted by molar-refractivity contribution is 0.0908. The number of fused-ring (bicyclic) bond motifs is 1. The number of hydrogen-bond donors (Lipinski definition) is 3. The second kappa shape index (κ2) is 12.2. The van der Waals surface area contributed by atoms with Crippen molar-refractivity contribution in [2.75, 3.05) is 19.6 Å². The van der Waals surface area contributed by atoms with E-state index >= 15 is 0 Å². The van der Waals surface area contributed by atoms with E-state index in [1.54, 1.807) is 12.3 Å². The minimum Gasteiger partial charge on any atom is -0.447 e. The highest BCUT2D eigenvalue weighted by Gasteiger charge is 2.26. The number of amides is 1. The van der Waals surface area contributed by atoms with Gasteiger partial charge in [-0.3, -0.25) is 4.90 Å². The van der Waals surface area contributed by atoms with Gasteiger partial charge in [-0.15, -0.1) is 0 Å². The summed E-state index contributed by atoms with van der Waals surface area (Å²) in [5.74, 6) is 0.587. The molecule has 1 saturated heterocycles. The lowest BCUT2D eigenvalue weighted by atomic mass is 9.95. The summed E-state index contributed by atoms with van der Waals surface area (Å²) in [4.78, 5) is 18.7. The van der Waals surface area contributed by atoms with Crippen LogP contribution in [-0.2, 0) is 17.9 Å². The number of benzene rings is 1. The minimum atomic E-state index is -0.383. The van der Waals surface area contributed by atoms with Crippen LogP contribution in [-0.4, -0.2) is 57.6 Å². The topological polar surface area (TPSA) is 103 Å². The molecule has 3 N–H and O–H groups in total.